The van der Waals surface area contributed by atoms with Gasteiger partial charge in [0, 0.05) is 147 Å². The molecule has 0 bridgehead atoms. The molecule has 12 aromatic rings. The number of hydrogen-bond acceptors (Lipinski definition) is 16. The van der Waals surface area contributed by atoms with Crippen molar-refractivity contribution >= 4 is 70.0 Å². The largest absolute Gasteiger partial charge is 0.356 e. The Morgan fingerprint density at radius 2 is 0.466 bits per heavy atom. The van der Waals surface area contributed by atoms with E-state index in [0.717, 1.165) is 219 Å². The van der Waals surface area contributed by atoms with E-state index in [1.165, 1.54) is 25.7 Å². The summed E-state index contributed by atoms with van der Waals surface area (Å²) in [5.41, 5.74) is 22.3. The number of para-hydroxylation sites is 4. The molecule has 0 fully saturated rings. The quantitative estimate of drug-likeness (QED) is 0.0261. The number of unbranched alkanes of at least 4 members (excludes halogenated alkanes) is 4. The Kier molecular flexibility index (Phi) is 39.9. The maximum absolute atomic E-state index is 13.6. The second-order valence-electron chi connectivity index (χ2n) is 41.9. The van der Waals surface area contributed by atoms with Crippen LogP contribution in [0.3, 0.4) is 0 Å². The number of aromatic nitrogens is 12. The van der Waals surface area contributed by atoms with E-state index < -0.39 is 0 Å². The molecule has 4 aliphatic heterocycles. The number of rotatable bonds is 38. The zero-order valence-electron chi connectivity index (χ0n) is 88.7. The standard InChI is InChI=1S/C31H41N5O2.3C29H37N5O2/c1-22(2)11-9-10-20-36-31-25-13-6-5-12-24(25)21-35(27-15-8-7-14-26(27)30(31)33-34-36)29(38)17-16-28(37)32-19-18-23(3)4;2*1-20(2)11-9-10-18-34-29-23-13-6-5-12-22(23)19-33(27(36)17-16-26(35)30-21(3)4)25-15-8-7-14-24(25)28(29)31-32-34;1-20(2)11-9-10-18-34-29-24-14-7-8-15-25(24)33(27(36)17-16-26(35)30-21(3)4)19-22-12-5-6-13-23(22)28(29)31-32-34/h5-8,12-15,22-23H,9-11,16-21H2,1-4H3,(H,32,37);3*5-8,12-15,20-21H,9-11,16-19H2,1-4H3,(H,30,35). The second-order valence-corrected chi connectivity index (χ2v) is 41.9. The number of aryl methyl sites for hydroxylation is 4. The van der Waals surface area contributed by atoms with Crippen LogP contribution < -0.4 is 40.9 Å². The molecule has 16 rings (SSSR count). The molecule has 0 spiro atoms. The summed E-state index contributed by atoms with van der Waals surface area (Å²) < 4.78 is 8.08. The number of carbonyl (C=O) groups is 8. The average molecular weight is 1980 g/mol. The molecule has 0 unspecified atom stereocenters. The van der Waals surface area contributed by atoms with Crippen molar-refractivity contribution in [1.82, 2.24) is 81.2 Å². The van der Waals surface area contributed by atoms with E-state index >= 15 is 0 Å². The number of anilines is 4. The van der Waals surface area contributed by atoms with Crippen LogP contribution in [-0.4, -0.2) is 132 Å². The Bertz CT molecular complexity index is 6220. The van der Waals surface area contributed by atoms with Crippen molar-refractivity contribution in [3.8, 4) is 90.1 Å². The summed E-state index contributed by atoms with van der Waals surface area (Å²) in [6.45, 7) is 39.3. The van der Waals surface area contributed by atoms with Crippen molar-refractivity contribution < 1.29 is 38.4 Å². The van der Waals surface area contributed by atoms with Crippen molar-refractivity contribution in [3.63, 3.8) is 0 Å². The van der Waals surface area contributed by atoms with Crippen LogP contribution in [0.25, 0.3) is 90.1 Å². The number of amides is 8. The van der Waals surface area contributed by atoms with Crippen LogP contribution in [0.5, 0.6) is 0 Å². The van der Waals surface area contributed by atoms with Crippen molar-refractivity contribution in [2.24, 2.45) is 29.6 Å². The zero-order valence-corrected chi connectivity index (χ0v) is 88.7. The summed E-state index contributed by atoms with van der Waals surface area (Å²) in [6, 6.07) is 64.4. The SMILES string of the molecule is CC(C)CCCCn1nnc2c1-c1ccccc1CN(C(=O)CCC(=O)NC(C)C)c1ccccc1-2.CC(C)CCCCn1nnc2c1-c1ccccc1CN(C(=O)CCC(=O)NC(C)C)c1ccccc1-2.CC(C)CCCCn1nnc2c1-c1ccccc1CN(C(=O)CCC(=O)NCCC(C)C)c1ccccc1-2.CC(C)CCCCn1nnc2c1-c1ccccc1N(C(=O)CCC(=O)NC(C)C)Cc1ccccc1-2. The number of nitrogens with zero attached hydrogens (tertiary/aromatic N) is 16. The van der Waals surface area contributed by atoms with Crippen LogP contribution in [-0.2, 0) is 90.7 Å². The molecule has 4 aliphatic rings. The van der Waals surface area contributed by atoms with Gasteiger partial charge in [-0.05, 0) is 150 Å². The van der Waals surface area contributed by atoms with Gasteiger partial charge in [0.05, 0.1) is 71.7 Å². The first kappa shape index (κ1) is 109. The number of fused-ring (bicyclic) bond motifs is 20. The van der Waals surface area contributed by atoms with Gasteiger partial charge in [-0.2, -0.15) is 0 Å². The van der Waals surface area contributed by atoms with Gasteiger partial charge in [0.15, 0.2) is 0 Å². The van der Waals surface area contributed by atoms with E-state index in [2.05, 4.69) is 174 Å². The van der Waals surface area contributed by atoms with Gasteiger partial charge in [-0.15, -0.1) is 20.4 Å². The Balaban J connectivity index is 0.000000163. The van der Waals surface area contributed by atoms with Gasteiger partial charge < -0.3 is 40.9 Å². The maximum Gasteiger partial charge on any atom is 0.227 e. The fourth-order valence-electron chi connectivity index (χ4n) is 19.2. The third-order valence-corrected chi connectivity index (χ3v) is 26.6. The van der Waals surface area contributed by atoms with Gasteiger partial charge in [-0.3, -0.25) is 38.4 Å². The molecule has 4 N–H and O–H groups in total. The minimum absolute atomic E-state index is 0.0494. The van der Waals surface area contributed by atoms with Gasteiger partial charge >= 0.3 is 0 Å². The summed E-state index contributed by atoms with van der Waals surface area (Å²) in [5.74, 6) is 2.55. The molecule has 0 radical (unpaired) electrons. The Morgan fingerprint density at radius 1 is 0.247 bits per heavy atom. The molecule has 28 heteroatoms. The summed E-state index contributed by atoms with van der Waals surface area (Å²) in [4.78, 5) is 110. The lowest BCUT2D eigenvalue weighted by Gasteiger charge is -2.29. The molecule has 0 atom stereocenters. The molecule has 0 saturated carbocycles. The molecule has 8 aromatic carbocycles. The molecule has 8 heterocycles. The number of nitrogens with one attached hydrogen (secondary N) is 4. The summed E-state index contributed by atoms with van der Waals surface area (Å²) in [5, 5.41) is 48.3. The van der Waals surface area contributed by atoms with E-state index in [1.54, 1.807) is 14.7 Å². The number of carbonyl (C=O) groups excluding carboxylic acids is 8. The van der Waals surface area contributed by atoms with Crippen molar-refractivity contribution in [1.29, 1.82) is 0 Å². The van der Waals surface area contributed by atoms with Gasteiger partial charge in [0.1, 0.15) is 22.8 Å². The van der Waals surface area contributed by atoms with Crippen LogP contribution in [0.15, 0.2) is 194 Å². The highest BCUT2D eigenvalue weighted by Crippen LogP contribution is 2.47. The number of benzene rings is 8. The zero-order chi connectivity index (χ0) is 104. The monoisotopic (exact) mass is 1980 g/mol. The molecule has 146 heavy (non-hydrogen) atoms. The molecule has 0 aliphatic carbocycles. The summed E-state index contributed by atoms with van der Waals surface area (Å²) in [6.07, 6.45) is 15.7. The van der Waals surface area contributed by atoms with Crippen molar-refractivity contribution in [2.45, 2.75) is 316 Å². The van der Waals surface area contributed by atoms with Gasteiger partial charge in [-0.1, -0.05) is 311 Å². The first-order chi connectivity index (χ1) is 70.4. The third kappa shape index (κ3) is 29.3. The Morgan fingerprint density at radius 3 is 0.740 bits per heavy atom. The lowest BCUT2D eigenvalue weighted by molar-refractivity contribution is -0.125. The first-order valence-corrected chi connectivity index (χ1v) is 53.2. The van der Waals surface area contributed by atoms with E-state index in [-0.39, 0.29) is 117 Å². The highest BCUT2D eigenvalue weighted by atomic mass is 16.2. The van der Waals surface area contributed by atoms with E-state index in [9.17, 15) is 38.4 Å². The molecule has 0 saturated heterocycles. The van der Waals surface area contributed by atoms with Crippen molar-refractivity contribution in [3.05, 3.63) is 216 Å². The van der Waals surface area contributed by atoms with E-state index in [4.69, 9.17) is 0 Å². The van der Waals surface area contributed by atoms with Gasteiger partial charge in [0.2, 0.25) is 47.3 Å². The topological polar surface area (TPSA) is 320 Å². The first-order valence-electron chi connectivity index (χ1n) is 53.2. The molecule has 772 valence electrons. The van der Waals surface area contributed by atoms with E-state index in [0.29, 0.717) is 62.3 Å². The molecular weight excluding hydrogens is 1830 g/mol. The van der Waals surface area contributed by atoms with Crippen LogP contribution in [0.4, 0.5) is 22.7 Å². The maximum atomic E-state index is 13.6. The van der Waals surface area contributed by atoms with Crippen molar-refractivity contribution in [2.75, 3.05) is 26.1 Å². The highest BCUT2D eigenvalue weighted by molar-refractivity contribution is 6.05. The minimum Gasteiger partial charge on any atom is -0.356 e. The lowest BCUT2D eigenvalue weighted by atomic mass is 9.95. The fourth-order valence-corrected chi connectivity index (χ4v) is 19.2. The Hall–Kier alpha value is -13.9. The fraction of sp³-hybridized carbons (Fsp3) is 0.458. The van der Waals surface area contributed by atoms with Gasteiger partial charge in [0.25, 0.3) is 0 Å². The lowest BCUT2D eigenvalue weighted by Crippen LogP contribution is -2.34. The second kappa shape index (κ2) is 53.3. The molecular formula is C118H152N20O8. The van der Waals surface area contributed by atoms with Crippen LogP contribution in [0.1, 0.15) is 268 Å². The normalized spacial score (nSPS) is 12.5. The molecule has 28 nitrogen and oxygen atoms in total. The molecule has 8 amide bonds. The number of hydrogen-bond donors (Lipinski definition) is 4. The minimum atomic E-state index is -0.109. The smallest absolute Gasteiger partial charge is 0.227 e. The van der Waals surface area contributed by atoms with Crippen LogP contribution >= 0.6 is 0 Å². The highest BCUT2D eigenvalue weighted by Gasteiger charge is 2.36. The predicted molar refractivity (Wildman–Crippen MR) is 582 cm³/mol. The average Bonchev–Trinajstić information content (AvgIpc) is 1.54. The summed E-state index contributed by atoms with van der Waals surface area (Å²) >= 11 is 0. The van der Waals surface area contributed by atoms with Crippen LogP contribution in [0.2, 0.25) is 0 Å². The third-order valence-electron chi connectivity index (χ3n) is 26.6. The Labute approximate surface area is 862 Å². The summed E-state index contributed by atoms with van der Waals surface area (Å²) in [7, 11) is 0. The van der Waals surface area contributed by atoms with Crippen LogP contribution in [0, 0.1) is 29.6 Å². The molecule has 4 aromatic heterocycles. The van der Waals surface area contributed by atoms with Gasteiger partial charge in [-0.25, -0.2) is 18.7 Å². The predicted octanol–water partition coefficient (Wildman–Crippen LogP) is 23.0. The van der Waals surface area contributed by atoms with E-state index in [1.807, 2.05) is 217 Å².